The molecule has 3 heterocycles. The molecular weight excluding hydrogens is 361 g/mol. The number of phenols is 1. The van der Waals surface area contributed by atoms with Crippen molar-refractivity contribution in [2.75, 3.05) is 25.0 Å². The Kier molecular flexibility index (Phi) is 4.92. The Morgan fingerprint density at radius 2 is 1.93 bits per heavy atom. The second-order valence-corrected chi connectivity index (χ2v) is 8.55. The lowest BCUT2D eigenvalue weighted by molar-refractivity contribution is 0.0871. The Morgan fingerprint density at radius 1 is 1.14 bits per heavy atom. The molecule has 5 rings (SSSR count). The summed E-state index contributed by atoms with van der Waals surface area (Å²) in [5.41, 5.74) is 3.36. The number of benzene rings is 1. The molecule has 2 aliphatic rings. The molecule has 1 aliphatic heterocycles. The highest BCUT2D eigenvalue weighted by atomic mass is 16.3. The molecule has 1 aromatic carbocycles. The van der Waals surface area contributed by atoms with Gasteiger partial charge in [-0.05, 0) is 62.3 Å². The van der Waals surface area contributed by atoms with Gasteiger partial charge in [-0.15, -0.1) is 0 Å². The zero-order valence-electron chi connectivity index (χ0n) is 17.0. The third kappa shape index (κ3) is 3.59. The van der Waals surface area contributed by atoms with Gasteiger partial charge in [0.1, 0.15) is 19.4 Å². The number of nitrogens with zero attached hydrogens (tertiary/aromatic N) is 4. The first-order chi connectivity index (χ1) is 14.2. The van der Waals surface area contributed by atoms with Crippen LogP contribution in [0, 0.1) is 5.92 Å². The van der Waals surface area contributed by atoms with E-state index < -0.39 is 0 Å². The largest absolute Gasteiger partial charge is 0.507 e. The Morgan fingerprint density at radius 3 is 2.66 bits per heavy atom. The van der Waals surface area contributed by atoms with Crippen LogP contribution < -0.4 is 10.8 Å². The van der Waals surface area contributed by atoms with Gasteiger partial charge in [0.2, 0.25) is 0 Å². The zero-order valence-corrected chi connectivity index (χ0v) is 17.0. The van der Waals surface area contributed by atoms with Gasteiger partial charge < -0.3 is 15.3 Å². The van der Waals surface area contributed by atoms with Crippen molar-refractivity contribution in [3.63, 3.8) is 0 Å². The lowest BCUT2D eigenvalue weighted by Gasteiger charge is -2.41. The van der Waals surface area contributed by atoms with Gasteiger partial charge in [-0.1, -0.05) is 18.6 Å². The lowest BCUT2D eigenvalue weighted by atomic mass is 9.88. The van der Waals surface area contributed by atoms with Crippen molar-refractivity contribution in [3.05, 3.63) is 36.5 Å². The first kappa shape index (κ1) is 18.5. The number of para-hydroxylation sites is 1. The summed E-state index contributed by atoms with van der Waals surface area (Å²) in [6.07, 6.45) is 8.55. The molecule has 0 bridgehead atoms. The number of piperidine rings is 1. The molecule has 1 saturated carbocycles. The quantitative estimate of drug-likeness (QED) is 0.654. The fourth-order valence-electron chi connectivity index (χ4n) is 4.55. The molecule has 1 aliphatic carbocycles. The van der Waals surface area contributed by atoms with Gasteiger partial charge in [0.15, 0.2) is 5.65 Å². The van der Waals surface area contributed by atoms with Crippen LogP contribution in [-0.4, -0.2) is 58.1 Å². The van der Waals surface area contributed by atoms with Crippen molar-refractivity contribution in [3.8, 4) is 17.0 Å². The molecule has 0 spiro atoms. The van der Waals surface area contributed by atoms with Crippen LogP contribution in [-0.2, 0) is 0 Å². The number of fused-ring (bicyclic) bond motifs is 1. The molecule has 2 fully saturated rings. The lowest BCUT2D eigenvalue weighted by Crippen LogP contribution is -2.45. The van der Waals surface area contributed by atoms with Crippen LogP contribution in [0.5, 0.6) is 5.75 Å². The van der Waals surface area contributed by atoms with E-state index in [1.54, 1.807) is 6.07 Å². The van der Waals surface area contributed by atoms with E-state index in [1.165, 1.54) is 45.2 Å². The molecule has 2 aromatic heterocycles. The monoisotopic (exact) mass is 389 g/mol. The van der Waals surface area contributed by atoms with Crippen molar-refractivity contribution in [1.29, 1.82) is 0 Å². The summed E-state index contributed by atoms with van der Waals surface area (Å²) in [7, 11) is 2.02. The Bertz CT molecular complexity index is 1010. The molecule has 0 atom stereocenters. The smallest absolute Gasteiger partial charge is 0.151 e. The second-order valence-electron chi connectivity index (χ2n) is 8.55. The van der Waals surface area contributed by atoms with Gasteiger partial charge >= 0.3 is 0 Å². The van der Waals surface area contributed by atoms with Crippen molar-refractivity contribution in [2.45, 2.75) is 38.1 Å². The van der Waals surface area contributed by atoms with Gasteiger partial charge in [0, 0.05) is 30.4 Å². The summed E-state index contributed by atoms with van der Waals surface area (Å²) in [6, 6.07) is 10.2. The molecule has 1 saturated heterocycles. The highest BCUT2D eigenvalue weighted by molar-refractivity contribution is 6.36. The summed E-state index contributed by atoms with van der Waals surface area (Å²) >= 11 is 0. The average molecular weight is 389 g/mol. The first-order valence-corrected chi connectivity index (χ1v) is 10.8. The van der Waals surface area contributed by atoms with Crippen LogP contribution in [0.1, 0.15) is 32.1 Å². The summed E-state index contributed by atoms with van der Waals surface area (Å²) in [6.45, 7) is 3.40. The third-order valence-corrected chi connectivity index (χ3v) is 6.64. The fourth-order valence-corrected chi connectivity index (χ4v) is 4.55. The van der Waals surface area contributed by atoms with E-state index in [1.807, 2.05) is 42.8 Å². The highest BCUT2D eigenvalue weighted by Gasteiger charge is 2.28. The van der Waals surface area contributed by atoms with Crippen molar-refractivity contribution < 1.29 is 5.11 Å². The molecular formula is C22H28BN5O. The molecule has 3 aromatic rings. The highest BCUT2D eigenvalue weighted by Crippen LogP contribution is 2.31. The number of aromatic hydroxyl groups is 1. The summed E-state index contributed by atoms with van der Waals surface area (Å²) < 4.78 is 1.88. The Balaban J connectivity index is 1.35. The van der Waals surface area contributed by atoms with E-state index in [-0.39, 0.29) is 5.75 Å². The van der Waals surface area contributed by atoms with Crippen molar-refractivity contribution in [2.24, 2.45) is 5.92 Å². The zero-order chi connectivity index (χ0) is 19.8. The number of phenolic OH excluding ortho intramolecular Hbond substituents is 1. The molecule has 29 heavy (non-hydrogen) atoms. The van der Waals surface area contributed by atoms with Gasteiger partial charge in [-0.2, -0.15) is 9.61 Å². The first-order valence-electron chi connectivity index (χ1n) is 10.8. The molecule has 150 valence electrons. The van der Waals surface area contributed by atoms with Crippen LogP contribution in [0.15, 0.2) is 36.5 Å². The molecule has 0 unspecified atom stereocenters. The Hall–Kier alpha value is -2.54. The van der Waals surface area contributed by atoms with Crippen molar-refractivity contribution >= 4 is 24.8 Å². The van der Waals surface area contributed by atoms with E-state index in [0.717, 1.165) is 40.8 Å². The third-order valence-electron chi connectivity index (χ3n) is 6.64. The van der Waals surface area contributed by atoms with Crippen LogP contribution in [0.25, 0.3) is 16.9 Å². The number of anilines is 1. The number of nitrogens with one attached hydrogen (secondary N) is 1. The number of rotatable bonds is 5. The number of hydrogen-bond donors (Lipinski definition) is 2. The predicted molar refractivity (Wildman–Crippen MR) is 119 cm³/mol. The maximum atomic E-state index is 10.3. The van der Waals surface area contributed by atoms with E-state index >= 15 is 0 Å². The van der Waals surface area contributed by atoms with Crippen molar-refractivity contribution in [1.82, 2.24) is 19.5 Å². The van der Waals surface area contributed by atoms with E-state index in [9.17, 15) is 5.11 Å². The number of aromatic nitrogens is 3. The fraction of sp³-hybridized carbons (Fsp3) is 0.455. The Labute approximate surface area is 172 Å². The SMILES string of the molecule is Bc1cnn2c(NCC3CCN(C4CCC4)CC3)cc(-c3ccccc3O)nc12. The summed E-state index contributed by atoms with van der Waals surface area (Å²) in [5.74, 6) is 1.86. The van der Waals surface area contributed by atoms with Gasteiger partial charge in [-0.25, -0.2) is 4.98 Å². The van der Waals surface area contributed by atoms with E-state index in [2.05, 4.69) is 15.3 Å². The minimum absolute atomic E-state index is 0.246. The summed E-state index contributed by atoms with van der Waals surface area (Å²) in [4.78, 5) is 7.45. The maximum Gasteiger partial charge on any atom is 0.151 e. The van der Waals surface area contributed by atoms with E-state index in [4.69, 9.17) is 4.98 Å². The molecule has 0 amide bonds. The summed E-state index contributed by atoms with van der Waals surface area (Å²) in [5, 5.41) is 18.4. The second kappa shape index (κ2) is 7.71. The topological polar surface area (TPSA) is 65.7 Å². The molecule has 7 heteroatoms. The van der Waals surface area contributed by atoms with Crippen LogP contribution in [0.4, 0.5) is 5.82 Å². The average Bonchev–Trinajstić information content (AvgIpc) is 3.07. The molecule has 6 nitrogen and oxygen atoms in total. The normalized spacial score (nSPS) is 18.8. The van der Waals surface area contributed by atoms with Gasteiger partial charge in [-0.3, -0.25) is 0 Å². The molecule has 2 N–H and O–H groups in total. The maximum absolute atomic E-state index is 10.3. The van der Waals surface area contributed by atoms with Crippen LogP contribution in [0.3, 0.4) is 0 Å². The van der Waals surface area contributed by atoms with Crippen LogP contribution in [0.2, 0.25) is 0 Å². The number of likely N-dealkylation sites (tertiary alicyclic amines) is 1. The standard InChI is InChI=1S/C22H28BN5O/c23-18-14-25-28-21(12-19(26-22(18)28)17-6-1-2-7-20(17)29)24-13-15-8-10-27(11-9-15)16-4-3-5-16/h1-2,6-7,12,14-16,24,29H,3-5,8-11,13,23H2. The predicted octanol–water partition coefficient (Wildman–Crippen LogP) is 2.04. The van der Waals surface area contributed by atoms with Crippen LogP contribution >= 0.6 is 0 Å². The minimum atomic E-state index is 0.246. The van der Waals surface area contributed by atoms with Gasteiger partial charge in [0.25, 0.3) is 0 Å². The minimum Gasteiger partial charge on any atom is -0.507 e. The molecule has 0 radical (unpaired) electrons. The number of hydrogen-bond acceptors (Lipinski definition) is 5. The van der Waals surface area contributed by atoms with E-state index in [0.29, 0.717) is 5.92 Å². The van der Waals surface area contributed by atoms with Gasteiger partial charge in [0.05, 0.1) is 5.69 Å².